The Kier molecular flexibility index (Phi) is 1.69. The van der Waals surface area contributed by atoms with E-state index in [0.29, 0.717) is 6.10 Å². The molecule has 0 radical (unpaired) electrons. The van der Waals surface area contributed by atoms with E-state index < -0.39 is 0 Å². The first-order valence-electron chi connectivity index (χ1n) is 4.47. The second kappa shape index (κ2) is 2.46. The first-order valence-corrected chi connectivity index (χ1v) is 4.47. The molecule has 0 unspecified atom stereocenters. The molecule has 0 aromatic heterocycles. The molecule has 2 fully saturated rings. The average Bonchev–Trinajstić information content (AvgIpc) is 2.61. The molecule has 0 N–H and O–H groups in total. The minimum absolute atomic E-state index is 0.320. The third-order valence-corrected chi connectivity index (χ3v) is 2.36. The second-order valence-electron chi connectivity index (χ2n) is 4.13. The maximum Gasteiger partial charge on any atom is 0.163 e. The summed E-state index contributed by atoms with van der Waals surface area (Å²) in [6.45, 7) is 4.77. The van der Waals surface area contributed by atoms with E-state index in [2.05, 4.69) is 0 Å². The molecule has 1 aliphatic carbocycles. The lowest BCUT2D eigenvalue weighted by molar-refractivity contribution is -0.139. The van der Waals surface area contributed by atoms with Crippen molar-refractivity contribution in [1.82, 2.24) is 0 Å². The first-order chi connectivity index (χ1) is 5.16. The molecule has 0 spiro atoms. The Bertz CT molecular complexity index is 150. The van der Waals surface area contributed by atoms with Crippen molar-refractivity contribution < 1.29 is 9.47 Å². The van der Waals surface area contributed by atoms with Gasteiger partial charge in [-0.25, -0.2) is 0 Å². The fourth-order valence-electron chi connectivity index (χ4n) is 1.60. The number of hydrogen-bond donors (Lipinski definition) is 0. The molecule has 2 nitrogen and oxygen atoms in total. The van der Waals surface area contributed by atoms with Crippen LogP contribution in [0.5, 0.6) is 0 Å². The SMILES string of the molecule is CC1(C)OC[C@H](CC2CC2)O1. The third-order valence-electron chi connectivity index (χ3n) is 2.36. The van der Waals surface area contributed by atoms with E-state index in [4.69, 9.17) is 9.47 Å². The highest BCUT2D eigenvalue weighted by molar-refractivity contribution is 4.80. The maximum absolute atomic E-state index is 5.68. The largest absolute Gasteiger partial charge is 0.348 e. The smallest absolute Gasteiger partial charge is 0.163 e. The summed E-state index contributed by atoms with van der Waals surface area (Å²) in [5, 5.41) is 0. The summed E-state index contributed by atoms with van der Waals surface area (Å²) in [4.78, 5) is 0. The van der Waals surface area contributed by atoms with Gasteiger partial charge >= 0.3 is 0 Å². The van der Waals surface area contributed by atoms with Crippen LogP contribution in [0.1, 0.15) is 33.1 Å². The lowest BCUT2D eigenvalue weighted by Gasteiger charge is -2.16. The van der Waals surface area contributed by atoms with Gasteiger partial charge in [0.1, 0.15) is 0 Å². The van der Waals surface area contributed by atoms with E-state index in [-0.39, 0.29) is 5.79 Å². The van der Waals surface area contributed by atoms with Crippen LogP contribution in [0.15, 0.2) is 0 Å². The summed E-state index contributed by atoms with van der Waals surface area (Å²) in [6, 6.07) is 0. The Labute approximate surface area is 67.9 Å². The van der Waals surface area contributed by atoms with Crippen molar-refractivity contribution in [2.75, 3.05) is 6.61 Å². The molecule has 1 saturated heterocycles. The predicted molar refractivity (Wildman–Crippen MR) is 42.2 cm³/mol. The fraction of sp³-hybridized carbons (Fsp3) is 1.00. The summed E-state index contributed by atoms with van der Waals surface area (Å²) >= 11 is 0. The minimum Gasteiger partial charge on any atom is -0.348 e. The van der Waals surface area contributed by atoms with Gasteiger partial charge in [0, 0.05) is 0 Å². The fourth-order valence-corrected chi connectivity index (χ4v) is 1.60. The normalized spacial score (nSPS) is 36.0. The van der Waals surface area contributed by atoms with E-state index >= 15 is 0 Å². The van der Waals surface area contributed by atoms with Gasteiger partial charge in [0.2, 0.25) is 0 Å². The van der Waals surface area contributed by atoms with Crippen LogP contribution in [-0.4, -0.2) is 18.5 Å². The summed E-state index contributed by atoms with van der Waals surface area (Å²) in [5.41, 5.74) is 0. The zero-order valence-electron chi connectivity index (χ0n) is 7.30. The molecule has 0 amide bonds. The molecule has 64 valence electrons. The van der Waals surface area contributed by atoms with Crippen LogP contribution in [0.3, 0.4) is 0 Å². The Hall–Kier alpha value is -0.0800. The molecule has 2 rings (SSSR count). The molecule has 1 saturated carbocycles. The second-order valence-corrected chi connectivity index (χ2v) is 4.13. The molecule has 0 aromatic rings. The van der Waals surface area contributed by atoms with Crippen LogP contribution in [0.4, 0.5) is 0 Å². The molecular formula is C9H16O2. The van der Waals surface area contributed by atoms with Crippen molar-refractivity contribution in [2.24, 2.45) is 5.92 Å². The molecular weight excluding hydrogens is 140 g/mol. The predicted octanol–water partition coefficient (Wildman–Crippen LogP) is 1.94. The van der Waals surface area contributed by atoms with Crippen molar-refractivity contribution in [1.29, 1.82) is 0 Å². The molecule has 2 aliphatic rings. The molecule has 1 aliphatic heterocycles. The molecule has 0 bridgehead atoms. The summed E-state index contributed by atoms with van der Waals surface area (Å²) < 4.78 is 11.1. The molecule has 11 heavy (non-hydrogen) atoms. The van der Waals surface area contributed by atoms with Crippen LogP contribution in [0, 0.1) is 5.92 Å². The van der Waals surface area contributed by atoms with Gasteiger partial charge in [0.25, 0.3) is 0 Å². The Morgan fingerprint density at radius 3 is 2.55 bits per heavy atom. The van der Waals surface area contributed by atoms with Crippen LogP contribution in [0.25, 0.3) is 0 Å². The first kappa shape index (κ1) is 7.56. The molecule has 0 aromatic carbocycles. The van der Waals surface area contributed by atoms with Gasteiger partial charge in [-0.2, -0.15) is 0 Å². The van der Waals surface area contributed by atoms with Crippen LogP contribution >= 0.6 is 0 Å². The van der Waals surface area contributed by atoms with Gasteiger partial charge in [0.15, 0.2) is 5.79 Å². The maximum atomic E-state index is 5.68. The van der Waals surface area contributed by atoms with Crippen LogP contribution in [0.2, 0.25) is 0 Å². The zero-order valence-corrected chi connectivity index (χ0v) is 7.30. The quantitative estimate of drug-likeness (QED) is 0.608. The zero-order chi connectivity index (χ0) is 7.90. The molecule has 1 atom stereocenters. The summed E-state index contributed by atoms with van der Waals surface area (Å²) in [7, 11) is 0. The van der Waals surface area contributed by atoms with Crippen molar-refractivity contribution in [3.05, 3.63) is 0 Å². The van der Waals surface area contributed by atoms with E-state index in [0.717, 1.165) is 12.5 Å². The lowest BCUT2D eigenvalue weighted by atomic mass is 10.2. The van der Waals surface area contributed by atoms with Crippen molar-refractivity contribution in [3.8, 4) is 0 Å². The van der Waals surface area contributed by atoms with Crippen LogP contribution in [-0.2, 0) is 9.47 Å². The average molecular weight is 156 g/mol. The monoisotopic (exact) mass is 156 g/mol. The number of hydrogen-bond acceptors (Lipinski definition) is 2. The molecule has 1 heterocycles. The third kappa shape index (κ3) is 1.94. The van der Waals surface area contributed by atoms with Crippen molar-refractivity contribution in [3.63, 3.8) is 0 Å². The summed E-state index contributed by atoms with van der Waals surface area (Å²) in [6.07, 6.45) is 4.39. The van der Waals surface area contributed by atoms with E-state index in [1.165, 1.54) is 19.3 Å². The van der Waals surface area contributed by atoms with Gasteiger partial charge in [-0.15, -0.1) is 0 Å². The minimum atomic E-state index is -0.320. The van der Waals surface area contributed by atoms with E-state index in [1.54, 1.807) is 0 Å². The highest BCUT2D eigenvalue weighted by Gasteiger charge is 2.36. The van der Waals surface area contributed by atoms with Gasteiger partial charge < -0.3 is 9.47 Å². The Morgan fingerprint density at radius 1 is 1.36 bits per heavy atom. The highest BCUT2D eigenvalue weighted by Crippen LogP contribution is 2.37. The van der Waals surface area contributed by atoms with E-state index in [9.17, 15) is 0 Å². The van der Waals surface area contributed by atoms with Gasteiger partial charge in [-0.1, -0.05) is 12.8 Å². The summed E-state index contributed by atoms with van der Waals surface area (Å²) in [5.74, 6) is 0.622. The topological polar surface area (TPSA) is 18.5 Å². The van der Waals surface area contributed by atoms with Crippen molar-refractivity contribution in [2.45, 2.75) is 45.0 Å². The number of rotatable bonds is 2. The van der Waals surface area contributed by atoms with Gasteiger partial charge in [-0.05, 0) is 26.2 Å². The van der Waals surface area contributed by atoms with Gasteiger partial charge in [0.05, 0.1) is 12.7 Å². The van der Waals surface area contributed by atoms with Crippen LogP contribution < -0.4 is 0 Å². The lowest BCUT2D eigenvalue weighted by Crippen LogP contribution is -2.21. The molecule has 2 heteroatoms. The highest BCUT2D eigenvalue weighted by atomic mass is 16.7. The van der Waals surface area contributed by atoms with Gasteiger partial charge in [-0.3, -0.25) is 0 Å². The van der Waals surface area contributed by atoms with Crippen molar-refractivity contribution >= 4 is 0 Å². The number of ether oxygens (including phenoxy) is 2. The Morgan fingerprint density at radius 2 is 2.09 bits per heavy atom. The standard InChI is InChI=1S/C9H16O2/c1-9(2)10-6-8(11-9)5-7-3-4-7/h7-8H,3-6H2,1-2H3/t8-/m0/s1. The van der Waals surface area contributed by atoms with E-state index in [1.807, 2.05) is 13.8 Å². The Balaban J connectivity index is 1.79.